The number of hydrogen-bond acceptors (Lipinski definition) is 4. The van der Waals surface area contributed by atoms with Crippen molar-refractivity contribution in [2.75, 3.05) is 17.5 Å². The second-order valence-corrected chi connectivity index (χ2v) is 10.2. The Hall–Kier alpha value is -2.57. The van der Waals surface area contributed by atoms with Crippen LogP contribution >= 0.6 is 23.1 Å². The summed E-state index contributed by atoms with van der Waals surface area (Å²) in [6.45, 7) is 0.806. The van der Waals surface area contributed by atoms with Crippen LogP contribution in [0, 0.1) is 0 Å². The summed E-state index contributed by atoms with van der Waals surface area (Å²) in [6, 6.07) is 29.9. The molecule has 0 aromatic heterocycles. The first-order chi connectivity index (χ1) is 16.3. The zero-order chi connectivity index (χ0) is 22.5. The van der Waals surface area contributed by atoms with Gasteiger partial charge in [0.05, 0.1) is 11.9 Å². The average molecular weight is 495 g/mol. The van der Waals surface area contributed by atoms with Gasteiger partial charge in [0.15, 0.2) is 0 Å². The number of aryl methyl sites for hydroxylation is 1. The van der Waals surface area contributed by atoms with Gasteiger partial charge in [-0.05, 0) is 54.7 Å². The summed E-state index contributed by atoms with van der Waals surface area (Å²) in [6.07, 6.45) is 4.72. The molecular weight excluding hydrogens is 464 g/mol. The Labute approximate surface area is 210 Å². The van der Waals surface area contributed by atoms with Crippen LogP contribution in [0.25, 0.3) is 0 Å². The van der Waals surface area contributed by atoms with Crippen molar-refractivity contribution in [3.8, 4) is 0 Å². The number of halogens is 1. The van der Waals surface area contributed by atoms with Gasteiger partial charge in [-0.15, -0.1) is 12.4 Å². The van der Waals surface area contributed by atoms with Crippen molar-refractivity contribution in [3.63, 3.8) is 0 Å². The van der Waals surface area contributed by atoms with E-state index in [0.717, 1.165) is 30.7 Å². The van der Waals surface area contributed by atoms with E-state index in [0.29, 0.717) is 12.6 Å². The number of aliphatic hydroxyl groups is 1. The molecule has 1 heterocycles. The normalized spacial score (nSPS) is 19.9. The number of benzene rings is 3. The van der Waals surface area contributed by atoms with Crippen LogP contribution in [0.1, 0.15) is 17.5 Å². The summed E-state index contributed by atoms with van der Waals surface area (Å²) in [5, 5.41) is 16.3. The van der Waals surface area contributed by atoms with Gasteiger partial charge >= 0.3 is 0 Å². The van der Waals surface area contributed by atoms with Crippen LogP contribution in [0.2, 0.25) is 0 Å². The highest BCUT2D eigenvalue weighted by Crippen LogP contribution is 2.39. The Kier molecular flexibility index (Phi) is 8.46. The van der Waals surface area contributed by atoms with Crippen molar-refractivity contribution in [1.82, 2.24) is 5.32 Å². The van der Waals surface area contributed by atoms with Crippen LogP contribution in [0.3, 0.4) is 0 Å². The summed E-state index contributed by atoms with van der Waals surface area (Å²) in [7, 11) is -0.259. The van der Waals surface area contributed by atoms with Crippen molar-refractivity contribution < 1.29 is 9.84 Å². The number of ether oxygens (including phenoxy) is 1. The molecule has 178 valence electrons. The SMILES string of the molecule is Cl.OC(CNC1CCc2ccccc2C1)COC1=CN(c2ccccc2)S(c2ccccc2)=C1. The maximum atomic E-state index is 10.6. The maximum absolute atomic E-state index is 10.6. The minimum atomic E-state index is -0.555. The second-order valence-electron chi connectivity index (χ2n) is 8.52. The zero-order valence-electron chi connectivity index (χ0n) is 19.0. The van der Waals surface area contributed by atoms with Crippen molar-refractivity contribution in [2.24, 2.45) is 0 Å². The maximum Gasteiger partial charge on any atom is 0.144 e. The minimum Gasteiger partial charge on any atom is -0.489 e. The predicted octanol–water partition coefficient (Wildman–Crippen LogP) is 5.34. The second kappa shape index (κ2) is 11.7. The predicted molar refractivity (Wildman–Crippen MR) is 145 cm³/mol. The number of anilines is 1. The lowest BCUT2D eigenvalue weighted by atomic mass is 9.88. The molecule has 0 amide bonds. The molecule has 3 atom stereocenters. The van der Waals surface area contributed by atoms with E-state index >= 15 is 0 Å². The fourth-order valence-corrected chi connectivity index (χ4v) is 6.20. The molecule has 0 spiro atoms. The first-order valence-electron chi connectivity index (χ1n) is 11.6. The summed E-state index contributed by atoms with van der Waals surface area (Å²) in [5.74, 6) is 0.802. The molecule has 6 heteroatoms. The molecule has 3 unspecified atom stereocenters. The number of nitrogens with one attached hydrogen (secondary N) is 1. The van der Waals surface area contributed by atoms with Gasteiger partial charge in [-0.25, -0.2) is 0 Å². The molecule has 0 bridgehead atoms. The van der Waals surface area contributed by atoms with Crippen LogP contribution in [0.4, 0.5) is 5.69 Å². The number of nitrogens with zero attached hydrogens (tertiary/aromatic N) is 1. The van der Waals surface area contributed by atoms with E-state index in [1.54, 1.807) is 0 Å². The molecule has 3 aromatic rings. The Morgan fingerprint density at radius 1 is 0.941 bits per heavy atom. The largest absolute Gasteiger partial charge is 0.489 e. The average Bonchev–Trinajstić information content (AvgIpc) is 3.31. The molecule has 5 rings (SSSR count). The summed E-state index contributed by atoms with van der Waals surface area (Å²) in [5.41, 5.74) is 4.01. The summed E-state index contributed by atoms with van der Waals surface area (Å²) < 4.78 is 8.29. The standard InChI is InChI=1S/C28H30N2O2S.ClH/c31-26(18-29-24-16-15-22-9-7-8-10-23(22)17-24)20-32-27-19-30(25-11-3-1-4-12-25)33(21-27)28-13-5-2-6-14-28;/h1-14,19,21,24,26,29,31H,15-18,20H2;1H. The van der Waals surface area contributed by atoms with E-state index < -0.39 is 6.10 Å². The fraction of sp³-hybridized carbons (Fsp3) is 0.250. The summed E-state index contributed by atoms with van der Waals surface area (Å²) in [4.78, 5) is 1.23. The number of rotatable bonds is 8. The molecule has 1 aliphatic heterocycles. The van der Waals surface area contributed by atoms with Crippen molar-refractivity contribution in [2.45, 2.75) is 36.3 Å². The van der Waals surface area contributed by atoms with Gasteiger partial charge in [0, 0.05) is 22.8 Å². The van der Waals surface area contributed by atoms with Gasteiger partial charge in [0.2, 0.25) is 0 Å². The van der Waals surface area contributed by atoms with Gasteiger partial charge in [-0.1, -0.05) is 71.3 Å². The Balaban J connectivity index is 0.00000274. The first-order valence-corrected chi connectivity index (χ1v) is 12.8. The Morgan fingerprint density at radius 3 is 2.38 bits per heavy atom. The molecule has 2 aliphatic rings. The topological polar surface area (TPSA) is 44.7 Å². The third-order valence-corrected chi connectivity index (χ3v) is 8.06. The zero-order valence-corrected chi connectivity index (χ0v) is 20.7. The molecule has 1 aliphatic carbocycles. The lowest BCUT2D eigenvalue weighted by Gasteiger charge is -2.26. The molecule has 0 radical (unpaired) electrons. The number of para-hydroxylation sites is 1. The highest BCUT2D eigenvalue weighted by atomic mass is 35.5. The molecule has 3 aromatic carbocycles. The smallest absolute Gasteiger partial charge is 0.144 e. The van der Waals surface area contributed by atoms with Crippen LogP contribution < -0.4 is 9.62 Å². The number of hydrogen-bond donors (Lipinski definition) is 2. The highest BCUT2D eigenvalue weighted by Gasteiger charge is 2.21. The van der Waals surface area contributed by atoms with Crippen molar-refractivity contribution in [1.29, 1.82) is 0 Å². The van der Waals surface area contributed by atoms with E-state index in [2.05, 4.69) is 75.7 Å². The van der Waals surface area contributed by atoms with Crippen molar-refractivity contribution in [3.05, 3.63) is 108 Å². The van der Waals surface area contributed by atoms with Gasteiger partial charge in [0.25, 0.3) is 0 Å². The van der Waals surface area contributed by atoms with E-state index in [9.17, 15) is 5.11 Å². The molecule has 4 nitrogen and oxygen atoms in total. The third kappa shape index (κ3) is 5.91. The van der Waals surface area contributed by atoms with Gasteiger partial charge in [-0.2, -0.15) is 0 Å². The summed E-state index contributed by atoms with van der Waals surface area (Å²) >= 11 is 0. The lowest BCUT2D eigenvalue weighted by Crippen LogP contribution is -2.40. The van der Waals surface area contributed by atoms with Gasteiger partial charge in [0.1, 0.15) is 18.5 Å². The molecule has 0 fully saturated rings. The molecule has 2 N–H and O–H groups in total. The fourth-order valence-electron chi connectivity index (χ4n) is 4.37. The molecular formula is C28H31ClN2O2S. The van der Waals surface area contributed by atoms with E-state index in [-0.39, 0.29) is 29.7 Å². The lowest BCUT2D eigenvalue weighted by molar-refractivity contribution is 0.0757. The third-order valence-electron chi connectivity index (χ3n) is 6.11. The quantitative estimate of drug-likeness (QED) is 0.415. The minimum absolute atomic E-state index is 0. The van der Waals surface area contributed by atoms with Crippen LogP contribution in [-0.4, -0.2) is 35.8 Å². The van der Waals surface area contributed by atoms with Crippen LogP contribution in [-0.2, 0) is 17.6 Å². The van der Waals surface area contributed by atoms with Gasteiger partial charge < -0.3 is 15.2 Å². The number of fused-ring (bicyclic) bond motifs is 1. The molecule has 0 saturated heterocycles. The first kappa shape index (κ1) is 24.6. The highest BCUT2D eigenvalue weighted by molar-refractivity contribution is 8.16. The molecule has 34 heavy (non-hydrogen) atoms. The molecule has 0 saturated carbocycles. The van der Waals surface area contributed by atoms with Crippen LogP contribution in [0.5, 0.6) is 0 Å². The van der Waals surface area contributed by atoms with E-state index in [4.69, 9.17) is 4.74 Å². The van der Waals surface area contributed by atoms with Crippen LogP contribution in [0.15, 0.2) is 102 Å². The van der Waals surface area contributed by atoms with E-state index in [1.807, 2.05) is 30.5 Å². The monoisotopic (exact) mass is 494 g/mol. The van der Waals surface area contributed by atoms with Crippen molar-refractivity contribution >= 4 is 34.1 Å². The number of aliphatic hydroxyl groups excluding tert-OH is 1. The van der Waals surface area contributed by atoms with Gasteiger partial charge in [-0.3, -0.25) is 4.31 Å². The number of allylic oxidation sites excluding steroid dienone is 1. The Bertz CT molecular complexity index is 1140. The van der Waals surface area contributed by atoms with E-state index in [1.165, 1.54) is 16.0 Å². The Morgan fingerprint density at radius 2 is 1.62 bits per heavy atom.